The fourth-order valence-corrected chi connectivity index (χ4v) is 2.67. The highest BCUT2D eigenvalue weighted by molar-refractivity contribution is 9.10. The number of amides is 1. The standard InChI is InChI=1S/C17H19BrN2O/c1-12(14-6-4-7-15(18)11-14)20-17(21)16-8-3-2-5-13(16)9-10-19/h2-8,11-12H,9-10,19H2,1H3,(H,20,21)/t12-/m0/s1. The highest BCUT2D eigenvalue weighted by atomic mass is 79.9. The molecule has 3 nitrogen and oxygen atoms in total. The summed E-state index contributed by atoms with van der Waals surface area (Å²) in [5, 5.41) is 3.04. The molecule has 0 radical (unpaired) electrons. The Morgan fingerprint density at radius 2 is 2.00 bits per heavy atom. The van der Waals surface area contributed by atoms with Crippen molar-refractivity contribution < 1.29 is 4.79 Å². The molecule has 1 atom stereocenters. The minimum absolute atomic E-state index is 0.0547. The van der Waals surface area contributed by atoms with Gasteiger partial charge in [0.05, 0.1) is 6.04 Å². The van der Waals surface area contributed by atoms with Crippen LogP contribution in [0.15, 0.2) is 53.0 Å². The molecule has 4 heteroatoms. The summed E-state index contributed by atoms with van der Waals surface area (Å²) in [5.74, 6) is -0.0634. The van der Waals surface area contributed by atoms with Crippen LogP contribution in [0.4, 0.5) is 0 Å². The Bertz CT molecular complexity index is 628. The molecule has 21 heavy (non-hydrogen) atoms. The summed E-state index contributed by atoms with van der Waals surface area (Å²) in [5.41, 5.74) is 8.35. The molecule has 0 aliphatic carbocycles. The maximum Gasteiger partial charge on any atom is 0.252 e. The fourth-order valence-electron chi connectivity index (χ4n) is 2.25. The van der Waals surface area contributed by atoms with E-state index in [9.17, 15) is 4.79 Å². The molecule has 2 aromatic rings. The van der Waals surface area contributed by atoms with E-state index in [-0.39, 0.29) is 11.9 Å². The minimum atomic E-state index is -0.0634. The second kappa shape index (κ2) is 7.38. The van der Waals surface area contributed by atoms with E-state index >= 15 is 0 Å². The number of benzene rings is 2. The lowest BCUT2D eigenvalue weighted by Gasteiger charge is -2.16. The monoisotopic (exact) mass is 346 g/mol. The van der Waals surface area contributed by atoms with Gasteiger partial charge in [-0.15, -0.1) is 0 Å². The molecule has 2 aromatic carbocycles. The van der Waals surface area contributed by atoms with E-state index in [1.54, 1.807) is 0 Å². The van der Waals surface area contributed by atoms with Crippen molar-refractivity contribution in [3.05, 3.63) is 69.7 Å². The number of rotatable bonds is 5. The summed E-state index contributed by atoms with van der Waals surface area (Å²) in [6, 6.07) is 15.5. The van der Waals surface area contributed by atoms with Crippen molar-refractivity contribution in [3.63, 3.8) is 0 Å². The number of nitrogens with one attached hydrogen (secondary N) is 1. The van der Waals surface area contributed by atoms with Gasteiger partial charge in [-0.05, 0) is 49.2 Å². The van der Waals surface area contributed by atoms with E-state index in [0.29, 0.717) is 18.5 Å². The summed E-state index contributed by atoms with van der Waals surface area (Å²) in [7, 11) is 0. The van der Waals surface area contributed by atoms with Gasteiger partial charge in [-0.2, -0.15) is 0 Å². The summed E-state index contributed by atoms with van der Waals surface area (Å²) in [6.45, 7) is 2.51. The molecule has 0 bridgehead atoms. The molecule has 0 heterocycles. The number of halogens is 1. The molecule has 1 amide bonds. The third-order valence-electron chi connectivity index (χ3n) is 3.37. The van der Waals surface area contributed by atoms with Gasteiger partial charge < -0.3 is 11.1 Å². The quantitative estimate of drug-likeness (QED) is 0.871. The van der Waals surface area contributed by atoms with Gasteiger partial charge in [0.25, 0.3) is 5.91 Å². The molecule has 0 spiro atoms. The molecule has 0 saturated carbocycles. The second-order valence-electron chi connectivity index (χ2n) is 4.95. The summed E-state index contributed by atoms with van der Waals surface area (Å²) >= 11 is 3.45. The van der Waals surface area contributed by atoms with Crippen LogP contribution in [-0.4, -0.2) is 12.5 Å². The van der Waals surface area contributed by atoms with E-state index in [0.717, 1.165) is 15.6 Å². The van der Waals surface area contributed by atoms with Gasteiger partial charge in [0, 0.05) is 10.0 Å². The van der Waals surface area contributed by atoms with Crippen LogP contribution < -0.4 is 11.1 Å². The van der Waals surface area contributed by atoms with Gasteiger partial charge in [0.2, 0.25) is 0 Å². The van der Waals surface area contributed by atoms with Crippen LogP contribution in [0.3, 0.4) is 0 Å². The van der Waals surface area contributed by atoms with Crippen LogP contribution >= 0.6 is 15.9 Å². The molecule has 110 valence electrons. The first-order chi connectivity index (χ1) is 10.1. The first kappa shape index (κ1) is 15.7. The zero-order valence-corrected chi connectivity index (χ0v) is 13.6. The van der Waals surface area contributed by atoms with Crippen LogP contribution in [0.5, 0.6) is 0 Å². The van der Waals surface area contributed by atoms with Gasteiger partial charge in [0.15, 0.2) is 0 Å². The second-order valence-corrected chi connectivity index (χ2v) is 5.86. The first-order valence-corrected chi connectivity index (χ1v) is 7.75. The highest BCUT2D eigenvalue weighted by Crippen LogP contribution is 2.19. The van der Waals surface area contributed by atoms with Gasteiger partial charge in [-0.3, -0.25) is 4.79 Å². The Kier molecular flexibility index (Phi) is 5.53. The average Bonchev–Trinajstić information content (AvgIpc) is 2.48. The third kappa shape index (κ3) is 4.16. The molecule has 0 aliphatic rings. The molecule has 0 aliphatic heterocycles. The summed E-state index contributed by atoms with van der Waals surface area (Å²) < 4.78 is 1.00. The number of carbonyl (C=O) groups is 1. The lowest BCUT2D eigenvalue weighted by atomic mass is 10.0. The van der Waals surface area contributed by atoms with E-state index < -0.39 is 0 Å². The topological polar surface area (TPSA) is 55.1 Å². The molecule has 3 N–H and O–H groups in total. The van der Waals surface area contributed by atoms with Crippen molar-refractivity contribution in [3.8, 4) is 0 Å². The predicted octanol–water partition coefficient (Wildman–Crippen LogP) is 3.44. The van der Waals surface area contributed by atoms with Gasteiger partial charge in [-0.25, -0.2) is 0 Å². The van der Waals surface area contributed by atoms with Crippen LogP contribution in [0.1, 0.15) is 34.5 Å². The van der Waals surface area contributed by atoms with E-state index in [4.69, 9.17) is 5.73 Å². The average molecular weight is 347 g/mol. The zero-order valence-electron chi connectivity index (χ0n) is 12.0. The normalized spacial score (nSPS) is 12.0. The van der Waals surface area contributed by atoms with Crippen molar-refractivity contribution in [1.82, 2.24) is 5.32 Å². The number of hydrogen-bond acceptors (Lipinski definition) is 2. The molecular formula is C17H19BrN2O. The van der Waals surface area contributed by atoms with Crippen LogP contribution in [-0.2, 0) is 6.42 Å². The molecule has 2 rings (SSSR count). The van der Waals surface area contributed by atoms with Gasteiger partial charge in [0.1, 0.15) is 0 Å². The van der Waals surface area contributed by atoms with Crippen LogP contribution in [0.25, 0.3) is 0 Å². The third-order valence-corrected chi connectivity index (χ3v) is 3.87. The van der Waals surface area contributed by atoms with E-state index in [1.165, 1.54) is 0 Å². The maximum absolute atomic E-state index is 12.4. The largest absolute Gasteiger partial charge is 0.346 e. The Labute approximate surface area is 133 Å². The van der Waals surface area contributed by atoms with Crippen molar-refractivity contribution in [2.75, 3.05) is 6.54 Å². The Balaban J connectivity index is 2.14. The Morgan fingerprint density at radius 3 is 2.71 bits per heavy atom. The first-order valence-electron chi connectivity index (χ1n) is 6.96. The van der Waals surface area contributed by atoms with Crippen LogP contribution in [0, 0.1) is 0 Å². The lowest BCUT2D eigenvalue weighted by Crippen LogP contribution is -2.27. The molecular weight excluding hydrogens is 328 g/mol. The van der Waals surface area contributed by atoms with Crippen molar-refractivity contribution in [1.29, 1.82) is 0 Å². The summed E-state index contributed by atoms with van der Waals surface area (Å²) in [6.07, 6.45) is 0.703. The van der Waals surface area contributed by atoms with Crippen molar-refractivity contribution >= 4 is 21.8 Å². The number of hydrogen-bond donors (Lipinski definition) is 2. The van der Waals surface area contributed by atoms with E-state index in [1.807, 2.05) is 55.5 Å². The molecule has 0 saturated heterocycles. The lowest BCUT2D eigenvalue weighted by molar-refractivity contribution is 0.0939. The smallest absolute Gasteiger partial charge is 0.252 e. The van der Waals surface area contributed by atoms with Gasteiger partial charge >= 0.3 is 0 Å². The van der Waals surface area contributed by atoms with Crippen molar-refractivity contribution in [2.45, 2.75) is 19.4 Å². The Morgan fingerprint density at radius 1 is 1.24 bits per heavy atom. The van der Waals surface area contributed by atoms with Crippen molar-refractivity contribution in [2.24, 2.45) is 5.73 Å². The van der Waals surface area contributed by atoms with Gasteiger partial charge in [-0.1, -0.05) is 46.3 Å². The van der Waals surface area contributed by atoms with E-state index in [2.05, 4.69) is 21.2 Å². The zero-order chi connectivity index (χ0) is 15.2. The van der Waals surface area contributed by atoms with Crippen LogP contribution in [0.2, 0.25) is 0 Å². The molecule has 0 fully saturated rings. The fraction of sp³-hybridized carbons (Fsp3) is 0.235. The highest BCUT2D eigenvalue weighted by Gasteiger charge is 2.14. The number of nitrogens with two attached hydrogens (primary N) is 1. The predicted molar refractivity (Wildman–Crippen MR) is 89.2 cm³/mol. The Hall–Kier alpha value is -1.65. The minimum Gasteiger partial charge on any atom is -0.346 e. The summed E-state index contributed by atoms with van der Waals surface area (Å²) in [4.78, 5) is 12.4. The number of carbonyl (C=O) groups excluding carboxylic acids is 1. The maximum atomic E-state index is 12.4. The molecule has 0 unspecified atom stereocenters. The SMILES string of the molecule is C[C@H](NC(=O)c1ccccc1CCN)c1cccc(Br)c1. The molecule has 0 aromatic heterocycles.